The van der Waals surface area contributed by atoms with Crippen molar-refractivity contribution in [2.24, 2.45) is 0 Å². The van der Waals surface area contributed by atoms with E-state index in [-0.39, 0.29) is 24.6 Å². The first-order valence-electron chi connectivity index (χ1n) is 9.35. The fourth-order valence-electron chi connectivity index (χ4n) is 3.62. The number of anilines is 1. The van der Waals surface area contributed by atoms with Crippen molar-refractivity contribution in [1.29, 1.82) is 0 Å². The third kappa shape index (κ3) is 4.87. The van der Waals surface area contributed by atoms with Gasteiger partial charge in [0.15, 0.2) is 6.61 Å². The Morgan fingerprint density at radius 1 is 1.10 bits per heavy atom. The van der Waals surface area contributed by atoms with Crippen LogP contribution in [0.4, 0.5) is 19.3 Å². The van der Waals surface area contributed by atoms with E-state index in [1.54, 1.807) is 0 Å². The van der Waals surface area contributed by atoms with Crippen molar-refractivity contribution in [3.05, 3.63) is 29.8 Å². The number of ether oxygens (including phenoxy) is 1. The first kappa shape index (κ1) is 20.7. The molecule has 0 unspecified atom stereocenters. The highest BCUT2D eigenvalue weighted by atomic mass is 19.1. The molecule has 1 saturated carbocycles. The Balaban J connectivity index is 1.44. The molecule has 10 heteroatoms. The smallest absolute Gasteiger partial charge is 0.325 e. The fourth-order valence-corrected chi connectivity index (χ4v) is 3.62. The average molecular weight is 409 g/mol. The predicted octanol–water partition coefficient (Wildman–Crippen LogP) is 2.09. The number of carbonyl (C=O) groups excluding carboxylic acids is 4. The molecule has 2 aliphatic rings. The minimum atomic E-state index is -0.862. The van der Waals surface area contributed by atoms with Gasteiger partial charge in [0.05, 0.1) is 6.42 Å². The number of rotatable bonds is 6. The summed E-state index contributed by atoms with van der Waals surface area (Å²) in [6.45, 7) is -0.816. The second-order valence-electron chi connectivity index (χ2n) is 7.15. The first-order valence-corrected chi connectivity index (χ1v) is 9.35. The minimum absolute atomic E-state index is 0.110. The highest BCUT2D eigenvalue weighted by Gasteiger charge is 2.51. The number of carbonyl (C=O) groups is 4. The zero-order valence-corrected chi connectivity index (χ0v) is 15.6. The molecule has 4 amide bonds. The monoisotopic (exact) mass is 409 g/mol. The fraction of sp³-hybridized carbons (Fsp3) is 0.474. The zero-order valence-electron chi connectivity index (χ0n) is 15.6. The van der Waals surface area contributed by atoms with Gasteiger partial charge >= 0.3 is 12.0 Å². The molecule has 0 atom stereocenters. The summed E-state index contributed by atoms with van der Waals surface area (Å²) in [6, 6.07) is 1.96. The Bertz CT molecular complexity index is 819. The number of nitrogens with zero attached hydrogens (tertiary/aromatic N) is 1. The Hall–Kier alpha value is -3.04. The SMILES string of the molecule is O=C(COC(=O)CCN1C(=O)NC2(CCCCC2)C1=O)Nc1cc(F)cc(F)c1. The van der Waals surface area contributed by atoms with Crippen LogP contribution in [0.15, 0.2) is 18.2 Å². The molecule has 2 fully saturated rings. The average Bonchev–Trinajstić information content (AvgIpc) is 2.87. The largest absolute Gasteiger partial charge is 0.456 e. The van der Waals surface area contributed by atoms with Gasteiger partial charge in [0.1, 0.15) is 17.2 Å². The molecule has 1 spiro atoms. The number of esters is 1. The first-order chi connectivity index (χ1) is 13.8. The molecule has 1 aromatic rings. The van der Waals surface area contributed by atoms with Crippen molar-refractivity contribution >= 4 is 29.5 Å². The number of imide groups is 1. The van der Waals surface area contributed by atoms with Crippen LogP contribution in [-0.2, 0) is 19.1 Å². The van der Waals surface area contributed by atoms with Crippen LogP contribution in [0.25, 0.3) is 0 Å². The summed E-state index contributed by atoms with van der Waals surface area (Å²) in [4.78, 5) is 49.3. The van der Waals surface area contributed by atoms with Gasteiger partial charge < -0.3 is 15.4 Å². The molecular weight excluding hydrogens is 388 g/mol. The van der Waals surface area contributed by atoms with Crippen LogP contribution < -0.4 is 10.6 Å². The van der Waals surface area contributed by atoms with E-state index in [4.69, 9.17) is 4.74 Å². The summed E-state index contributed by atoms with van der Waals surface area (Å²) < 4.78 is 31.0. The number of nitrogens with one attached hydrogen (secondary N) is 2. The van der Waals surface area contributed by atoms with E-state index in [0.29, 0.717) is 18.9 Å². The molecule has 2 N–H and O–H groups in total. The van der Waals surface area contributed by atoms with E-state index in [0.717, 1.165) is 36.3 Å². The lowest BCUT2D eigenvalue weighted by Crippen LogP contribution is -2.48. The van der Waals surface area contributed by atoms with Crippen LogP contribution in [0.1, 0.15) is 38.5 Å². The summed E-state index contributed by atoms with van der Waals surface area (Å²) >= 11 is 0. The van der Waals surface area contributed by atoms with Crippen LogP contribution in [-0.4, -0.2) is 47.4 Å². The van der Waals surface area contributed by atoms with Crippen molar-refractivity contribution in [3.8, 4) is 0 Å². The van der Waals surface area contributed by atoms with Gasteiger partial charge in [-0.05, 0) is 25.0 Å². The number of hydrogen-bond acceptors (Lipinski definition) is 5. The maximum Gasteiger partial charge on any atom is 0.325 e. The van der Waals surface area contributed by atoms with E-state index in [2.05, 4.69) is 10.6 Å². The van der Waals surface area contributed by atoms with Crippen LogP contribution in [0.5, 0.6) is 0 Å². The van der Waals surface area contributed by atoms with Crippen molar-refractivity contribution in [1.82, 2.24) is 10.2 Å². The summed E-state index contributed by atoms with van der Waals surface area (Å²) in [7, 11) is 0. The third-order valence-electron chi connectivity index (χ3n) is 5.00. The quantitative estimate of drug-likeness (QED) is 0.553. The molecule has 1 aromatic carbocycles. The lowest BCUT2D eigenvalue weighted by molar-refractivity contribution is -0.147. The highest BCUT2D eigenvalue weighted by Crippen LogP contribution is 2.33. The Labute approximate surface area is 165 Å². The molecule has 3 rings (SSSR count). The standard InChI is InChI=1S/C19H21F2N3O5/c20-12-8-13(21)10-14(9-12)22-15(25)11-29-16(26)4-7-24-17(27)19(23-18(24)28)5-2-1-3-6-19/h8-10H,1-7,11H2,(H,22,25)(H,23,28). The number of amides is 4. The van der Waals surface area contributed by atoms with Crippen molar-refractivity contribution < 1.29 is 32.7 Å². The maximum atomic E-state index is 13.1. The van der Waals surface area contributed by atoms with E-state index < -0.39 is 41.7 Å². The van der Waals surface area contributed by atoms with Crippen LogP contribution in [0.2, 0.25) is 0 Å². The Kier molecular flexibility index (Phi) is 6.09. The molecule has 29 heavy (non-hydrogen) atoms. The second kappa shape index (κ2) is 8.54. The molecule has 1 saturated heterocycles. The van der Waals surface area contributed by atoms with Gasteiger partial charge in [-0.3, -0.25) is 19.3 Å². The summed E-state index contributed by atoms with van der Waals surface area (Å²) in [5.41, 5.74) is -0.972. The minimum Gasteiger partial charge on any atom is -0.456 e. The summed E-state index contributed by atoms with van der Waals surface area (Å²) in [5, 5.41) is 4.94. The topological polar surface area (TPSA) is 105 Å². The van der Waals surface area contributed by atoms with Gasteiger partial charge in [0.25, 0.3) is 11.8 Å². The molecule has 1 aliphatic heterocycles. The van der Waals surface area contributed by atoms with E-state index >= 15 is 0 Å². The molecule has 1 heterocycles. The molecule has 0 radical (unpaired) electrons. The highest BCUT2D eigenvalue weighted by molar-refractivity contribution is 6.07. The normalized spacial score (nSPS) is 17.9. The molecular formula is C19H21F2N3O5. The zero-order chi connectivity index (χ0) is 21.0. The van der Waals surface area contributed by atoms with Crippen LogP contribution in [0, 0.1) is 11.6 Å². The third-order valence-corrected chi connectivity index (χ3v) is 5.00. The van der Waals surface area contributed by atoms with Crippen molar-refractivity contribution in [3.63, 3.8) is 0 Å². The molecule has 8 nitrogen and oxygen atoms in total. The number of halogens is 2. The van der Waals surface area contributed by atoms with E-state index in [1.807, 2.05) is 0 Å². The van der Waals surface area contributed by atoms with Crippen LogP contribution in [0.3, 0.4) is 0 Å². The van der Waals surface area contributed by atoms with E-state index in [9.17, 15) is 28.0 Å². The van der Waals surface area contributed by atoms with Crippen molar-refractivity contribution in [2.45, 2.75) is 44.1 Å². The molecule has 156 valence electrons. The number of hydrogen-bond donors (Lipinski definition) is 2. The van der Waals surface area contributed by atoms with Crippen LogP contribution >= 0.6 is 0 Å². The molecule has 0 aromatic heterocycles. The molecule has 0 bridgehead atoms. The van der Waals surface area contributed by atoms with Gasteiger partial charge in [-0.1, -0.05) is 19.3 Å². The van der Waals surface area contributed by atoms with Gasteiger partial charge in [-0.25, -0.2) is 13.6 Å². The lowest BCUT2D eigenvalue weighted by atomic mass is 9.82. The van der Waals surface area contributed by atoms with Crippen molar-refractivity contribution in [2.75, 3.05) is 18.5 Å². The Morgan fingerprint density at radius 2 is 1.76 bits per heavy atom. The van der Waals surface area contributed by atoms with Gasteiger partial charge in [-0.15, -0.1) is 0 Å². The Morgan fingerprint density at radius 3 is 2.41 bits per heavy atom. The summed E-state index contributed by atoms with van der Waals surface area (Å²) in [5.74, 6) is -3.61. The maximum absolute atomic E-state index is 13.1. The predicted molar refractivity (Wildman–Crippen MR) is 96.6 cm³/mol. The van der Waals surface area contributed by atoms with Gasteiger partial charge in [0, 0.05) is 18.3 Å². The number of urea groups is 1. The van der Waals surface area contributed by atoms with Gasteiger partial charge in [0.2, 0.25) is 0 Å². The van der Waals surface area contributed by atoms with E-state index in [1.165, 1.54) is 0 Å². The second-order valence-corrected chi connectivity index (χ2v) is 7.15. The lowest BCUT2D eigenvalue weighted by Gasteiger charge is -2.30. The molecule has 1 aliphatic carbocycles. The number of benzene rings is 1. The summed E-state index contributed by atoms with van der Waals surface area (Å²) in [6.07, 6.45) is 3.62. The van der Waals surface area contributed by atoms with Gasteiger partial charge in [-0.2, -0.15) is 0 Å².